The van der Waals surface area contributed by atoms with E-state index >= 15 is 0 Å². The summed E-state index contributed by atoms with van der Waals surface area (Å²) >= 11 is 4.93. The van der Waals surface area contributed by atoms with Crippen LogP contribution in [0.25, 0.3) is 0 Å². The van der Waals surface area contributed by atoms with Crippen molar-refractivity contribution >= 4 is 29.1 Å². The average molecular weight is 265 g/mol. The van der Waals surface area contributed by atoms with Crippen LogP contribution in [-0.2, 0) is 4.79 Å². The molecular formula is C11H15N5OS. The van der Waals surface area contributed by atoms with Crippen LogP contribution in [0.4, 0.5) is 5.95 Å². The van der Waals surface area contributed by atoms with Gasteiger partial charge in [0.15, 0.2) is 0 Å². The summed E-state index contributed by atoms with van der Waals surface area (Å²) in [5.41, 5.74) is 6.97. The monoisotopic (exact) mass is 265 g/mol. The summed E-state index contributed by atoms with van der Waals surface area (Å²) in [5, 5.41) is 2.81. The molecular weight excluding hydrogens is 250 g/mol. The first-order valence-corrected chi connectivity index (χ1v) is 6.14. The first-order chi connectivity index (χ1) is 8.56. The molecule has 18 heavy (non-hydrogen) atoms. The third-order valence-electron chi connectivity index (χ3n) is 2.69. The topological polar surface area (TPSA) is 84.1 Å². The SMILES string of the molecule is Cc1cc(C(N)=S)nc(N2CCNC(=O)CC2)n1. The van der Waals surface area contributed by atoms with Crippen molar-refractivity contribution in [1.82, 2.24) is 15.3 Å². The van der Waals surface area contributed by atoms with E-state index in [0.717, 1.165) is 5.69 Å². The fourth-order valence-electron chi connectivity index (χ4n) is 1.79. The molecule has 0 aromatic carbocycles. The maximum absolute atomic E-state index is 11.3. The van der Waals surface area contributed by atoms with E-state index in [9.17, 15) is 4.79 Å². The second-order valence-corrected chi connectivity index (χ2v) is 4.59. The van der Waals surface area contributed by atoms with Crippen molar-refractivity contribution in [3.63, 3.8) is 0 Å². The second kappa shape index (κ2) is 5.26. The van der Waals surface area contributed by atoms with Crippen molar-refractivity contribution in [2.24, 2.45) is 5.73 Å². The summed E-state index contributed by atoms with van der Waals surface area (Å²) in [5.74, 6) is 0.633. The van der Waals surface area contributed by atoms with E-state index in [-0.39, 0.29) is 10.9 Å². The number of carbonyl (C=O) groups excluding carboxylic acids is 1. The highest BCUT2D eigenvalue weighted by atomic mass is 32.1. The van der Waals surface area contributed by atoms with Crippen molar-refractivity contribution in [2.75, 3.05) is 24.5 Å². The minimum atomic E-state index is 0.0553. The molecule has 0 radical (unpaired) electrons. The fourth-order valence-corrected chi connectivity index (χ4v) is 1.89. The third kappa shape index (κ3) is 2.92. The first-order valence-electron chi connectivity index (χ1n) is 5.73. The van der Waals surface area contributed by atoms with Gasteiger partial charge in [0, 0.05) is 31.7 Å². The Morgan fingerprint density at radius 3 is 3.00 bits per heavy atom. The van der Waals surface area contributed by atoms with Crippen molar-refractivity contribution in [1.29, 1.82) is 0 Å². The molecule has 7 heteroatoms. The summed E-state index contributed by atoms with van der Waals surface area (Å²) in [6.07, 6.45) is 0.444. The molecule has 0 spiro atoms. The van der Waals surface area contributed by atoms with E-state index in [1.54, 1.807) is 6.07 Å². The Kier molecular flexibility index (Phi) is 3.71. The molecule has 1 saturated heterocycles. The smallest absolute Gasteiger partial charge is 0.226 e. The van der Waals surface area contributed by atoms with Gasteiger partial charge in [0.05, 0.1) is 0 Å². The van der Waals surface area contributed by atoms with Crippen LogP contribution < -0.4 is 16.0 Å². The number of carbonyl (C=O) groups is 1. The number of anilines is 1. The van der Waals surface area contributed by atoms with Gasteiger partial charge in [-0.3, -0.25) is 4.79 Å². The predicted octanol–water partition coefficient (Wildman–Crippen LogP) is -0.254. The highest BCUT2D eigenvalue weighted by Gasteiger charge is 2.17. The Labute approximate surface area is 111 Å². The van der Waals surface area contributed by atoms with E-state index in [1.807, 2.05) is 11.8 Å². The summed E-state index contributed by atoms with van der Waals surface area (Å²) in [6.45, 7) is 3.75. The van der Waals surface area contributed by atoms with E-state index < -0.39 is 0 Å². The molecule has 1 aliphatic heterocycles. The molecule has 1 aromatic rings. The maximum Gasteiger partial charge on any atom is 0.226 e. The quantitative estimate of drug-likeness (QED) is 0.717. The lowest BCUT2D eigenvalue weighted by molar-refractivity contribution is -0.120. The molecule has 0 saturated carbocycles. The van der Waals surface area contributed by atoms with Gasteiger partial charge in [0.2, 0.25) is 11.9 Å². The van der Waals surface area contributed by atoms with Gasteiger partial charge in [0.1, 0.15) is 10.7 Å². The second-order valence-electron chi connectivity index (χ2n) is 4.15. The minimum absolute atomic E-state index is 0.0553. The molecule has 1 aromatic heterocycles. The number of aryl methyl sites for hydroxylation is 1. The first kappa shape index (κ1) is 12.7. The molecule has 1 aliphatic rings. The number of hydrogen-bond donors (Lipinski definition) is 2. The van der Waals surface area contributed by atoms with Crippen LogP contribution in [-0.4, -0.2) is 40.5 Å². The van der Waals surface area contributed by atoms with Gasteiger partial charge in [-0.25, -0.2) is 9.97 Å². The van der Waals surface area contributed by atoms with Gasteiger partial charge < -0.3 is 16.0 Å². The molecule has 96 valence electrons. The lowest BCUT2D eigenvalue weighted by Gasteiger charge is -2.20. The van der Waals surface area contributed by atoms with Gasteiger partial charge in [-0.05, 0) is 13.0 Å². The molecule has 0 unspecified atom stereocenters. The van der Waals surface area contributed by atoms with Crippen LogP contribution in [0.3, 0.4) is 0 Å². The van der Waals surface area contributed by atoms with Gasteiger partial charge in [-0.1, -0.05) is 12.2 Å². The van der Waals surface area contributed by atoms with Crippen LogP contribution in [0.1, 0.15) is 17.8 Å². The molecule has 6 nitrogen and oxygen atoms in total. The molecule has 1 amide bonds. The van der Waals surface area contributed by atoms with Crippen molar-refractivity contribution in [3.05, 3.63) is 17.5 Å². The Balaban J connectivity index is 2.26. The lowest BCUT2D eigenvalue weighted by Crippen LogP contribution is -2.30. The number of hydrogen-bond acceptors (Lipinski definition) is 5. The van der Waals surface area contributed by atoms with Gasteiger partial charge in [-0.2, -0.15) is 0 Å². The lowest BCUT2D eigenvalue weighted by atomic mass is 10.3. The van der Waals surface area contributed by atoms with E-state index in [1.165, 1.54) is 0 Å². The number of amides is 1. The molecule has 0 aliphatic carbocycles. The normalized spacial score (nSPS) is 16.1. The minimum Gasteiger partial charge on any atom is -0.388 e. The van der Waals surface area contributed by atoms with Crippen LogP contribution in [0.15, 0.2) is 6.07 Å². The maximum atomic E-state index is 11.3. The van der Waals surface area contributed by atoms with Crippen molar-refractivity contribution in [2.45, 2.75) is 13.3 Å². The molecule has 2 rings (SSSR count). The zero-order valence-electron chi connectivity index (χ0n) is 10.1. The number of aromatic nitrogens is 2. The van der Waals surface area contributed by atoms with Crippen LogP contribution in [0.2, 0.25) is 0 Å². The standard InChI is InChI=1S/C11H15N5OS/c1-7-6-8(10(12)18)15-11(14-7)16-4-2-9(17)13-3-5-16/h6H,2-5H2,1H3,(H2,12,18)(H,13,17). The third-order valence-corrected chi connectivity index (χ3v) is 2.90. The average Bonchev–Trinajstić information content (AvgIpc) is 2.53. The predicted molar refractivity (Wildman–Crippen MR) is 72.5 cm³/mol. The van der Waals surface area contributed by atoms with Crippen LogP contribution in [0.5, 0.6) is 0 Å². The highest BCUT2D eigenvalue weighted by Crippen LogP contribution is 2.11. The van der Waals surface area contributed by atoms with Crippen LogP contribution >= 0.6 is 12.2 Å². The zero-order valence-corrected chi connectivity index (χ0v) is 11.0. The van der Waals surface area contributed by atoms with Gasteiger partial charge in [0.25, 0.3) is 0 Å². The molecule has 0 bridgehead atoms. The largest absolute Gasteiger partial charge is 0.388 e. The Morgan fingerprint density at radius 1 is 1.50 bits per heavy atom. The Hall–Kier alpha value is -1.76. The number of rotatable bonds is 2. The highest BCUT2D eigenvalue weighted by molar-refractivity contribution is 7.80. The van der Waals surface area contributed by atoms with E-state index in [0.29, 0.717) is 37.7 Å². The number of thiocarbonyl (C=S) groups is 1. The summed E-state index contributed by atoms with van der Waals surface area (Å²) in [6, 6.07) is 1.76. The van der Waals surface area contributed by atoms with Gasteiger partial charge in [-0.15, -0.1) is 0 Å². The van der Waals surface area contributed by atoms with Gasteiger partial charge >= 0.3 is 0 Å². The van der Waals surface area contributed by atoms with Crippen molar-refractivity contribution < 1.29 is 4.79 Å². The summed E-state index contributed by atoms with van der Waals surface area (Å²) in [7, 11) is 0. The Bertz CT molecular complexity index is 490. The number of nitrogens with two attached hydrogens (primary N) is 1. The summed E-state index contributed by atoms with van der Waals surface area (Å²) in [4.78, 5) is 22.2. The number of nitrogens with zero attached hydrogens (tertiary/aromatic N) is 3. The van der Waals surface area contributed by atoms with E-state index in [4.69, 9.17) is 18.0 Å². The molecule has 3 N–H and O–H groups in total. The van der Waals surface area contributed by atoms with Crippen molar-refractivity contribution in [3.8, 4) is 0 Å². The molecule has 0 atom stereocenters. The Morgan fingerprint density at radius 2 is 2.28 bits per heavy atom. The van der Waals surface area contributed by atoms with E-state index in [2.05, 4.69) is 15.3 Å². The zero-order chi connectivity index (χ0) is 13.1. The fraction of sp³-hybridized carbons (Fsp3) is 0.455. The molecule has 1 fully saturated rings. The van der Waals surface area contributed by atoms with Crippen LogP contribution in [0, 0.1) is 6.92 Å². The molecule has 2 heterocycles. The summed E-state index contributed by atoms with van der Waals surface area (Å²) < 4.78 is 0. The number of nitrogens with one attached hydrogen (secondary N) is 1.